The van der Waals surface area contributed by atoms with Crippen molar-refractivity contribution in [2.75, 3.05) is 65.4 Å². The Morgan fingerprint density at radius 1 is 0.280 bits per heavy atom. The van der Waals surface area contributed by atoms with Crippen molar-refractivity contribution in [3.63, 3.8) is 0 Å². The van der Waals surface area contributed by atoms with Gasteiger partial charge >= 0.3 is 29.2 Å². The molecule has 0 aromatic carbocycles. The molecule has 0 spiro atoms. The van der Waals surface area contributed by atoms with Crippen LogP contribution in [0.15, 0.2) is 0 Å². The van der Waals surface area contributed by atoms with Crippen molar-refractivity contribution < 1.29 is 23.5 Å². The van der Waals surface area contributed by atoms with Crippen LogP contribution >= 0.6 is 0 Å². The zero-order valence-electron chi connectivity index (χ0n) is 33.0. The molecule has 10 nitrogen and oxygen atoms in total. The first-order valence-electron chi connectivity index (χ1n) is 15.9. The van der Waals surface area contributed by atoms with Crippen LogP contribution in [0.5, 0.6) is 0 Å². The molecule has 50 heavy (non-hydrogen) atoms. The number of halogens is 5. The van der Waals surface area contributed by atoms with E-state index < -0.39 is 0 Å². The van der Waals surface area contributed by atoms with E-state index in [-0.39, 0.29) is 23.5 Å². The van der Waals surface area contributed by atoms with E-state index in [1.54, 1.807) is 0 Å². The lowest BCUT2D eigenvalue weighted by molar-refractivity contribution is -0.00100. The maximum atomic E-state index is 4.53. The summed E-state index contributed by atoms with van der Waals surface area (Å²) in [4.78, 5) is 10.6. The smallest absolute Gasteiger partial charge is 0.360 e. The van der Waals surface area contributed by atoms with Gasteiger partial charge in [0.1, 0.15) is 0 Å². The molecule has 0 bridgehead atoms. The van der Waals surface area contributed by atoms with Crippen LogP contribution in [-0.4, -0.2) is 119 Å². The molecule has 0 aromatic rings. The number of hydrogen-bond donors (Lipinski definition) is 0. The van der Waals surface area contributed by atoms with E-state index in [1.165, 1.54) is 0 Å². The molecule has 0 fully saturated rings. The van der Waals surface area contributed by atoms with Gasteiger partial charge in [-0.05, 0) is 69.2 Å². The molecule has 0 aliphatic rings. The van der Waals surface area contributed by atoms with E-state index in [1.807, 2.05) is 34.6 Å². The van der Waals surface area contributed by atoms with Gasteiger partial charge in [0.2, 0.25) is 0 Å². The van der Waals surface area contributed by atoms with Gasteiger partial charge in [0.15, 0.2) is 0 Å². The second kappa shape index (κ2) is 53.4. The van der Waals surface area contributed by atoms with Gasteiger partial charge in [-0.1, -0.05) is 0 Å². The molecule has 0 saturated carbocycles. The van der Waals surface area contributed by atoms with E-state index in [2.05, 4.69) is 176 Å². The van der Waals surface area contributed by atoms with Crippen LogP contribution in [0.3, 0.4) is 0 Å². The van der Waals surface area contributed by atoms with Crippen molar-refractivity contribution in [1.29, 1.82) is 0 Å². The minimum atomic E-state index is 0. The molecule has 0 rings (SSSR count). The lowest BCUT2D eigenvalue weighted by atomic mass is 10.5. The Hall–Kier alpha value is -2.35. The summed E-state index contributed by atoms with van der Waals surface area (Å²) in [6.07, 6.45) is 0. The summed E-state index contributed by atoms with van der Waals surface area (Å²) in [6.45, 7) is 40.4. The summed E-state index contributed by atoms with van der Waals surface area (Å²) in [7, 11) is 0. The van der Waals surface area contributed by atoms with E-state index in [9.17, 15) is 0 Å². The van der Waals surface area contributed by atoms with Crippen LogP contribution in [-0.2, 0) is 62.1 Å². The summed E-state index contributed by atoms with van der Waals surface area (Å²) in [5.74, 6) is 4.70. The molecule has 0 amide bonds. The maximum Gasteiger partial charge on any atom is 0.360 e. The number of nitrogens with zero attached hydrogens (tertiary/aromatic N) is 10. The predicted octanol–water partition coefficient (Wildman–Crippen LogP) is -12.3. The zero-order valence-corrected chi connectivity index (χ0v) is 37.1. The van der Waals surface area contributed by atoms with Crippen molar-refractivity contribution in [2.24, 2.45) is 0 Å². The van der Waals surface area contributed by atoms with Gasteiger partial charge < -0.3 is 23.5 Å². The van der Waals surface area contributed by atoms with Gasteiger partial charge in [-0.2, -0.15) is 0 Å². The van der Waals surface area contributed by atoms with E-state index >= 15 is 0 Å². The van der Waals surface area contributed by atoms with Crippen LogP contribution in [0.4, 0.5) is 0 Å². The van der Waals surface area contributed by atoms with E-state index in [0.29, 0.717) is 0 Å². The highest BCUT2D eigenvalue weighted by Gasteiger charge is 2.12. The Balaban J connectivity index is -0.0000000488. The predicted molar refractivity (Wildman–Crippen MR) is 216 cm³/mol. The quantitative estimate of drug-likeness (QED) is 0.0919. The second-order valence-corrected chi connectivity index (χ2v) is 9.97. The van der Waals surface area contributed by atoms with Gasteiger partial charge in [-0.15, -0.1) is 20.2 Å². The van der Waals surface area contributed by atoms with Crippen molar-refractivity contribution in [3.8, 4) is 0 Å². The fraction of sp³-hybridized carbons (Fsp3) is 0.833. The second-order valence-electron chi connectivity index (χ2n) is 9.05. The summed E-state index contributed by atoms with van der Waals surface area (Å²) in [5, 5.41) is 0. The fourth-order valence-electron chi connectivity index (χ4n) is 3.69. The van der Waals surface area contributed by atoms with Crippen LogP contribution in [0.2, 0.25) is 0 Å². The highest BCUT2D eigenvalue weighted by atomic mass is 32.1. The molecule has 0 saturated heterocycles. The molecule has 0 N–H and O–H groups in total. The lowest BCUT2D eigenvalue weighted by Crippen LogP contribution is -3.00. The number of amidine groups is 5. The van der Waals surface area contributed by atoms with Crippen LogP contribution in [0.1, 0.15) is 104 Å². The molecule has 0 radical (unpaired) electrons. The Kier molecular flexibility index (Phi) is 78.2. The Bertz CT molecular complexity index is 824. The van der Waals surface area contributed by atoms with E-state index in [4.69, 9.17) is 0 Å². The number of rotatable bonds is 10. The van der Waals surface area contributed by atoms with Crippen molar-refractivity contribution >= 4 is 91.3 Å². The van der Waals surface area contributed by atoms with Gasteiger partial charge in [0, 0.05) is 0 Å². The first-order valence-corrected chi connectivity index (χ1v) is 17.7. The SMILES string of the molecule is CCN(CC)C(C)=[N+]=S.CCN(CC)C(C)=[N+]=S.CCN(CC)C(C)=[N+]=S.CCN(CC)C(C)=[N+]=S.CCN(CC)C(C)=[N+]=S.[F-].[F-].[F-].[F-].[F-]. The van der Waals surface area contributed by atoms with Gasteiger partial charge in [-0.3, -0.25) is 24.5 Å². The lowest BCUT2D eigenvalue weighted by Gasteiger charge is -2.06. The van der Waals surface area contributed by atoms with Gasteiger partial charge in [0.25, 0.3) is 62.1 Å². The third-order valence-corrected chi connectivity index (χ3v) is 8.09. The average molecular weight is 821 g/mol. The molecule has 0 heterocycles. The third-order valence-electron chi connectivity index (χ3n) is 6.77. The summed E-state index contributed by atoms with van der Waals surface area (Å²) < 4.78 is 18.3. The summed E-state index contributed by atoms with van der Waals surface area (Å²) in [5.41, 5.74) is 0. The van der Waals surface area contributed by atoms with Crippen LogP contribution in [0.25, 0.3) is 0 Å². The summed E-state index contributed by atoms with van der Waals surface area (Å²) >= 11 is 22.6. The molecule has 0 aliphatic carbocycles. The molecule has 0 unspecified atom stereocenters. The largest absolute Gasteiger partial charge is 1.00 e. The Morgan fingerprint density at radius 3 is 0.380 bits per heavy atom. The van der Waals surface area contributed by atoms with Crippen molar-refractivity contribution in [3.05, 3.63) is 0 Å². The van der Waals surface area contributed by atoms with Crippen LogP contribution in [0, 0.1) is 0 Å². The fourth-order valence-corrected chi connectivity index (χ4v) is 4.27. The Morgan fingerprint density at radius 2 is 0.360 bits per heavy atom. The van der Waals surface area contributed by atoms with Crippen molar-refractivity contribution in [1.82, 2.24) is 44.7 Å². The van der Waals surface area contributed by atoms with Crippen molar-refractivity contribution in [2.45, 2.75) is 104 Å². The summed E-state index contributed by atoms with van der Waals surface area (Å²) in [6, 6.07) is 0. The average Bonchev–Trinajstić information content (AvgIpc) is 3.07. The Labute approximate surface area is 327 Å². The normalized spacial score (nSPS) is 7.50. The first kappa shape index (κ1) is 73.2. The number of hydrogen-bond acceptors (Lipinski definition) is 5. The van der Waals surface area contributed by atoms with E-state index in [0.717, 1.165) is 94.6 Å². The topological polar surface area (TPSA) is 86.7 Å². The minimum Gasteiger partial charge on any atom is -1.00 e. The molecule has 0 atom stereocenters. The van der Waals surface area contributed by atoms with Gasteiger partial charge in [-0.25, -0.2) is 0 Å². The molecule has 300 valence electrons. The molecule has 20 heteroatoms. The molecule has 0 aromatic heterocycles. The maximum absolute atomic E-state index is 4.53. The minimum absolute atomic E-state index is 0. The first-order chi connectivity index (χ1) is 21.3. The zero-order chi connectivity index (χ0) is 36.4. The standard InChI is InChI=1S/5C6H13N2S.5FH/c5*1-4-8(5-2)6(3)7-9;;;;;/h5*4-5H2,1-3H3;5*1H/q5*+1;;;;;/p-5. The highest BCUT2D eigenvalue weighted by Crippen LogP contribution is 1.87. The molecule has 0 aliphatic heterocycles. The molecular weight excluding hydrogens is 756 g/mol. The van der Waals surface area contributed by atoms with Gasteiger partial charge in [0.05, 0.1) is 100 Å². The monoisotopic (exact) mass is 820 g/mol. The van der Waals surface area contributed by atoms with Crippen LogP contribution < -0.4 is 43.7 Å². The third kappa shape index (κ3) is 40.1. The highest BCUT2D eigenvalue weighted by molar-refractivity contribution is 7.47. The molecular formula is C30H65F5N10S5.